The summed E-state index contributed by atoms with van der Waals surface area (Å²) in [5, 5.41) is 0.152. The highest BCUT2D eigenvalue weighted by atomic mass is 35.5. The van der Waals surface area contributed by atoms with Gasteiger partial charge in [0.2, 0.25) is 0 Å². The largest absolute Gasteiger partial charge is 0.351 e. The van der Waals surface area contributed by atoms with Gasteiger partial charge in [-0.3, -0.25) is 4.79 Å². The van der Waals surface area contributed by atoms with Crippen molar-refractivity contribution in [2.24, 2.45) is 0 Å². The summed E-state index contributed by atoms with van der Waals surface area (Å²) in [6.07, 6.45) is 4.64. The van der Waals surface area contributed by atoms with E-state index in [-0.39, 0.29) is 16.6 Å². The predicted octanol–water partition coefficient (Wildman–Crippen LogP) is 2.02. The molecule has 2 rings (SSSR count). The van der Waals surface area contributed by atoms with Gasteiger partial charge in [-0.05, 0) is 19.3 Å². The molecule has 1 aliphatic heterocycles. The van der Waals surface area contributed by atoms with E-state index in [1.807, 2.05) is 4.90 Å². The average Bonchev–Trinajstić information content (AvgIpc) is 2.33. The van der Waals surface area contributed by atoms with Crippen LogP contribution in [0, 0.1) is 0 Å². The molecule has 1 aliphatic rings. The predicted molar refractivity (Wildman–Crippen MR) is 65.6 cm³/mol. The lowest BCUT2D eigenvalue weighted by Gasteiger charge is -2.35. The first-order valence-electron chi connectivity index (χ1n) is 5.30. The van der Waals surface area contributed by atoms with Crippen LogP contribution >= 0.6 is 23.2 Å². The van der Waals surface area contributed by atoms with Crippen molar-refractivity contribution in [2.45, 2.75) is 25.3 Å². The fourth-order valence-corrected chi connectivity index (χ4v) is 2.55. The molecule has 0 saturated carbocycles. The Labute approximate surface area is 104 Å². The molecule has 0 aliphatic carbocycles. The first-order valence-corrected chi connectivity index (χ1v) is 6.21. The second-order valence-corrected chi connectivity index (χ2v) is 4.55. The molecule has 1 aromatic heterocycles. The van der Waals surface area contributed by atoms with Crippen molar-refractivity contribution in [3.05, 3.63) is 21.7 Å². The fourth-order valence-electron chi connectivity index (χ4n) is 2.01. The number of anilines is 1. The van der Waals surface area contributed by atoms with Crippen LogP contribution in [-0.2, 0) is 0 Å². The van der Waals surface area contributed by atoms with Gasteiger partial charge >= 0.3 is 0 Å². The minimum atomic E-state index is -0.300. The molecule has 1 unspecified atom stereocenters. The monoisotopic (exact) mass is 261 g/mol. The van der Waals surface area contributed by atoms with Crippen LogP contribution in [-0.4, -0.2) is 28.4 Å². The fraction of sp³-hybridized carbons (Fsp3) is 0.600. The molecule has 1 aromatic rings. The standard InChI is InChI=1S/C10H13Cl2N3O/c11-5-7-3-1-2-4-15(7)9-8(12)10(16)14-6-13-9/h6-7H,1-5H2,(H,13,14,16). The highest BCUT2D eigenvalue weighted by Gasteiger charge is 2.25. The van der Waals surface area contributed by atoms with Crippen molar-refractivity contribution >= 4 is 29.0 Å². The van der Waals surface area contributed by atoms with Gasteiger partial charge in [0.1, 0.15) is 5.02 Å². The third kappa shape index (κ3) is 2.18. The number of alkyl halides is 1. The van der Waals surface area contributed by atoms with Gasteiger partial charge in [-0.1, -0.05) is 11.6 Å². The summed E-state index contributed by atoms with van der Waals surface area (Å²) in [5.74, 6) is 1.08. The van der Waals surface area contributed by atoms with E-state index in [0.717, 1.165) is 25.8 Å². The molecule has 16 heavy (non-hydrogen) atoms. The van der Waals surface area contributed by atoms with Crippen LogP contribution in [0.4, 0.5) is 5.82 Å². The Morgan fingerprint density at radius 2 is 2.38 bits per heavy atom. The second-order valence-electron chi connectivity index (χ2n) is 3.87. The normalized spacial score (nSPS) is 21.1. The van der Waals surface area contributed by atoms with Gasteiger partial charge in [-0.15, -0.1) is 11.6 Å². The van der Waals surface area contributed by atoms with Gasteiger partial charge in [-0.2, -0.15) is 0 Å². The van der Waals surface area contributed by atoms with Crippen molar-refractivity contribution in [3.63, 3.8) is 0 Å². The molecule has 2 heterocycles. The zero-order valence-electron chi connectivity index (χ0n) is 8.75. The Bertz CT molecular complexity index is 421. The van der Waals surface area contributed by atoms with Gasteiger partial charge in [0.25, 0.3) is 5.56 Å². The maximum atomic E-state index is 11.4. The van der Waals surface area contributed by atoms with Gasteiger partial charge in [0, 0.05) is 18.5 Å². The van der Waals surface area contributed by atoms with E-state index in [1.165, 1.54) is 6.33 Å². The van der Waals surface area contributed by atoms with Crippen LogP contribution in [0.3, 0.4) is 0 Å². The quantitative estimate of drug-likeness (QED) is 0.829. The molecule has 0 aromatic carbocycles. The van der Waals surface area contributed by atoms with E-state index in [9.17, 15) is 4.79 Å². The molecular formula is C10H13Cl2N3O. The van der Waals surface area contributed by atoms with Crippen LogP contribution in [0.2, 0.25) is 5.02 Å². The summed E-state index contributed by atoms with van der Waals surface area (Å²) in [7, 11) is 0. The van der Waals surface area contributed by atoms with Crippen LogP contribution in [0.5, 0.6) is 0 Å². The third-order valence-corrected chi connectivity index (χ3v) is 3.55. The molecule has 0 amide bonds. The summed E-state index contributed by atoms with van der Waals surface area (Å²) < 4.78 is 0. The average molecular weight is 262 g/mol. The summed E-state index contributed by atoms with van der Waals surface area (Å²) >= 11 is 11.9. The molecule has 88 valence electrons. The number of hydrogen-bond donors (Lipinski definition) is 1. The topological polar surface area (TPSA) is 49.0 Å². The Hall–Kier alpha value is -0.740. The molecule has 0 radical (unpaired) electrons. The number of piperidine rings is 1. The van der Waals surface area contributed by atoms with Crippen molar-refractivity contribution in [3.8, 4) is 0 Å². The highest BCUT2D eigenvalue weighted by molar-refractivity contribution is 6.32. The minimum absolute atomic E-state index is 0.152. The Balaban J connectivity index is 2.34. The molecule has 1 atom stereocenters. The molecule has 0 bridgehead atoms. The zero-order valence-corrected chi connectivity index (χ0v) is 10.3. The molecule has 1 fully saturated rings. The molecule has 6 heteroatoms. The van der Waals surface area contributed by atoms with E-state index in [1.54, 1.807) is 0 Å². The van der Waals surface area contributed by atoms with Crippen molar-refractivity contribution in [2.75, 3.05) is 17.3 Å². The minimum Gasteiger partial charge on any atom is -0.351 e. The maximum Gasteiger partial charge on any atom is 0.271 e. The summed E-state index contributed by atoms with van der Waals surface area (Å²) in [5.41, 5.74) is -0.300. The molecule has 0 spiro atoms. The first-order chi connectivity index (χ1) is 7.74. The van der Waals surface area contributed by atoms with Crippen LogP contribution < -0.4 is 10.5 Å². The number of aromatic nitrogens is 2. The van der Waals surface area contributed by atoms with E-state index >= 15 is 0 Å². The number of aromatic amines is 1. The molecule has 1 saturated heterocycles. The van der Waals surface area contributed by atoms with Crippen molar-refractivity contribution in [1.82, 2.24) is 9.97 Å². The van der Waals surface area contributed by atoms with E-state index < -0.39 is 0 Å². The van der Waals surface area contributed by atoms with E-state index in [2.05, 4.69) is 9.97 Å². The van der Waals surface area contributed by atoms with E-state index in [0.29, 0.717) is 11.7 Å². The number of nitrogens with zero attached hydrogens (tertiary/aromatic N) is 2. The number of halogens is 2. The van der Waals surface area contributed by atoms with Gasteiger partial charge in [0.05, 0.1) is 6.33 Å². The Morgan fingerprint density at radius 3 is 3.12 bits per heavy atom. The van der Waals surface area contributed by atoms with Gasteiger partial charge in [0.15, 0.2) is 5.82 Å². The van der Waals surface area contributed by atoms with Crippen molar-refractivity contribution in [1.29, 1.82) is 0 Å². The molecule has 4 nitrogen and oxygen atoms in total. The second kappa shape index (κ2) is 5.06. The van der Waals surface area contributed by atoms with Crippen molar-refractivity contribution < 1.29 is 0 Å². The zero-order chi connectivity index (χ0) is 11.5. The number of hydrogen-bond acceptors (Lipinski definition) is 3. The summed E-state index contributed by atoms with van der Waals surface area (Å²) in [4.78, 5) is 20.0. The smallest absolute Gasteiger partial charge is 0.271 e. The third-order valence-electron chi connectivity index (χ3n) is 2.86. The number of nitrogens with one attached hydrogen (secondary N) is 1. The lowest BCUT2D eigenvalue weighted by Crippen LogP contribution is -2.42. The summed E-state index contributed by atoms with van der Waals surface area (Å²) in [6.45, 7) is 0.855. The molecule has 1 N–H and O–H groups in total. The SMILES string of the molecule is O=c1[nH]cnc(N2CCCCC2CCl)c1Cl. The Kier molecular flexibility index (Phi) is 3.71. The van der Waals surface area contributed by atoms with Gasteiger partial charge < -0.3 is 9.88 Å². The molecular weight excluding hydrogens is 249 g/mol. The van der Waals surface area contributed by atoms with Crippen LogP contribution in [0.25, 0.3) is 0 Å². The number of rotatable bonds is 2. The summed E-state index contributed by atoms with van der Waals surface area (Å²) in [6, 6.07) is 0.224. The maximum absolute atomic E-state index is 11.4. The highest BCUT2D eigenvalue weighted by Crippen LogP contribution is 2.27. The van der Waals surface area contributed by atoms with Crippen LogP contribution in [0.1, 0.15) is 19.3 Å². The lowest BCUT2D eigenvalue weighted by atomic mass is 10.0. The van der Waals surface area contributed by atoms with Gasteiger partial charge in [-0.25, -0.2) is 4.98 Å². The lowest BCUT2D eigenvalue weighted by molar-refractivity contribution is 0.484. The first kappa shape index (κ1) is 11.7. The number of H-pyrrole nitrogens is 1. The van der Waals surface area contributed by atoms with E-state index in [4.69, 9.17) is 23.2 Å². The van der Waals surface area contributed by atoms with Crippen LogP contribution in [0.15, 0.2) is 11.1 Å². The Morgan fingerprint density at radius 1 is 1.56 bits per heavy atom.